The Morgan fingerprint density at radius 1 is 1.06 bits per heavy atom. The van der Waals surface area contributed by atoms with E-state index < -0.39 is 17.7 Å². The van der Waals surface area contributed by atoms with Crippen LogP contribution in [-0.4, -0.2) is 28.9 Å². The normalized spacial score (nSPS) is 17.5. The van der Waals surface area contributed by atoms with E-state index in [4.69, 9.17) is 4.74 Å². The molecular weight excluding hydrogens is 428 g/mol. The summed E-state index contributed by atoms with van der Waals surface area (Å²) in [5, 5.41) is 11.5. The predicted molar refractivity (Wildman–Crippen MR) is 132 cm³/mol. The van der Waals surface area contributed by atoms with Gasteiger partial charge >= 0.3 is 0 Å². The molecule has 1 aliphatic heterocycles. The molecular formula is C28H28N2O4. The second-order valence-electron chi connectivity index (χ2n) is 8.81. The standard InChI is InChI=1S/C28H28N2O4/c1-16(2)20-14-21(18(4)13-23(20)34-5)26(31)24-25(19-10-8-12-29-15-19)30(28(33)27(24)32)22-11-7-6-9-17(22)3/h6-16,25,31H,1-5H3/b26-24+. The van der Waals surface area contributed by atoms with Gasteiger partial charge in [-0.1, -0.05) is 38.1 Å². The fourth-order valence-electron chi connectivity index (χ4n) is 4.49. The summed E-state index contributed by atoms with van der Waals surface area (Å²) in [6.07, 6.45) is 3.25. The van der Waals surface area contributed by atoms with E-state index in [1.54, 1.807) is 31.6 Å². The van der Waals surface area contributed by atoms with Crippen LogP contribution in [0.15, 0.2) is 66.5 Å². The third kappa shape index (κ3) is 3.85. The van der Waals surface area contributed by atoms with E-state index >= 15 is 0 Å². The van der Waals surface area contributed by atoms with Crippen LogP contribution in [0.5, 0.6) is 5.75 Å². The highest BCUT2D eigenvalue weighted by atomic mass is 16.5. The zero-order chi connectivity index (χ0) is 24.6. The van der Waals surface area contributed by atoms with Gasteiger partial charge in [-0.25, -0.2) is 0 Å². The van der Waals surface area contributed by atoms with Gasteiger partial charge in [0.25, 0.3) is 11.7 Å². The van der Waals surface area contributed by atoms with Gasteiger partial charge in [-0.15, -0.1) is 0 Å². The highest BCUT2D eigenvalue weighted by molar-refractivity contribution is 6.51. The topological polar surface area (TPSA) is 79.7 Å². The van der Waals surface area contributed by atoms with Gasteiger partial charge in [0.2, 0.25) is 0 Å². The Hall–Kier alpha value is -3.93. The molecule has 1 amide bonds. The van der Waals surface area contributed by atoms with Crippen LogP contribution < -0.4 is 9.64 Å². The third-order valence-electron chi connectivity index (χ3n) is 6.27. The maximum atomic E-state index is 13.4. The van der Waals surface area contributed by atoms with Gasteiger partial charge in [0.05, 0.1) is 18.7 Å². The van der Waals surface area contributed by atoms with Crippen molar-refractivity contribution in [3.8, 4) is 5.75 Å². The number of anilines is 1. The van der Waals surface area contributed by atoms with Crippen LogP contribution >= 0.6 is 0 Å². The van der Waals surface area contributed by atoms with Crippen molar-refractivity contribution in [2.24, 2.45) is 0 Å². The van der Waals surface area contributed by atoms with E-state index in [2.05, 4.69) is 4.98 Å². The number of amides is 1. The molecule has 1 unspecified atom stereocenters. The number of hydrogen-bond acceptors (Lipinski definition) is 5. The van der Waals surface area contributed by atoms with Crippen molar-refractivity contribution in [1.29, 1.82) is 0 Å². The molecule has 0 radical (unpaired) electrons. The molecule has 1 aliphatic rings. The second-order valence-corrected chi connectivity index (χ2v) is 8.81. The number of ketones is 1. The minimum atomic E-state index is -0.807. The molecule has 1 aromatic heterocycles. The lowest BCUT2D eigenvalue weighted by Crippen LogP contribution is -2.30. The number of nitrogens with zero attached hydrogens (tertiary/aromatic N) is 2. The van der Waals surface area contributed by atoms with Gasteiger partial charge in [-0.05, 0) is 66.3 Å². The summed E-state index contributed by atoms with van der Waals surface area (Å²) in [6.45, 7) is 7.79. The summed E-state index contributed by atoms with van der Waals surface area (Å²) >= 11 is 0. The molecule has 6 nitrogen and oxygen atoms in total. The summed E-state index contributed by atoms with van der Waals surface area (Å²) in [6, 6.07) is 13.8. The molecule has 2 aromatic carbocycles. The van der Waals surface area contributed by atoms with E-state index in [0.717, 1.165) is 16.7 Å². The Morgan fingerprint density at radius 2 is 1.79 bits per heavy atom. The van der Waals surface area contributed by atoms with Crippen molar-refractivity contribution in [2.45, 2.75) is 39.7 Å². The number of methoxy groups -OCH3 is 1. The Bertz CT molecular complexity index is 1300. The molecule has 0 spiro atoms. The molecule has 1 N–H and O–H groups in total. The number of rotatable bonds is 5. The maximum absolute atomic E-state index is 13.4. The first-order valence-electron chi connectivity index (χ1n) is 11.2. The Morgan fingerprint density at radius 3 is 2.41 bits per heavy atom. The molecule has 34 heavy (non-hydrogen) atoms. The number of ether oxygens (including phenoxy) is 1. The number of para-hydroxylation sites is 1. The average molecular weight is 457 g/mol. The first-order chi connectivity index (χ1) is 16.3. The van der Waals surface area contributed by atoms with Crippen molar-refractivity contribution in [1.82, 2.24) is 4.98 Å². The lowest BCUT2D eigenvalue weighted by atomic mass is 9.91. The van der Waals surface area contributed by atoms with Gasteiger partial charge in [0, 0.05) is 23.6 Å². The summed E-state index contributed by atoms with van der Waals surface area (Å²) in [7, 11) is 1.61. The highest BCUT2D eigenvalue weighted by Crippen LogP contribution is 2.44. The van der Waals surface area contributed by atoms with Crippen LogP contribution in [0.25, 0.3) is 5.76 Å². The second kappa shape index (κ2) is 9.14. The Kier molecular flexibility index (Phi) is 6.24. The first kappa shape index (κ1) is 23.2. The molecule has 2 heterocycles. The van der Waals surface area contributed by atoms with Crippen LogP contribution in [0.1, 0.15) is 53.6 Å². The summed E-state index contributed by atoms with van der Waals surface area (Å²) < 4.78 is 5.53. The predicted octanol–water partition coefficient (Wildman–Crippen LogP) is 5.46. The minimum Gasteiger partial charge on any atom is -0.507 e. The van der Waals surface area contributed by atoms with Crippen LogP contribution in [0.3, 0.4) is 0 Å². The van der Waals surface area contributed by atoms with Crippen molar-refractivity contribution < 1.29 is 19.4 Å². The number of Topliss-reactive ketones (excluding diaryl/α,β-unsaturated/α-hetero) is 1. The third-order valence-corrected chi connectivity index (χ3v) is 6.27. The van der Waals surface area contributed by atoms with Crippen LogP contribution in [0.4, 0.5) is 5.69 Å². The molecule has 0 bridgehead atoms. The van der Waals surface area contributed by atoms with Crippen LogP contribution in [0, 0.1) is 13.8 Å². The number of aliphatic hydroxyl groups is 1. The molecule has 0 saturated carbocycles. The molecule has 6 heteroatoms. The zero-order valence-electron chi connectivity index (χ0n) is 20.0. The molecule has 1 atom stereocenters. The van der Waals surface area contributed by atoms with E-state index in [-0.39, 0.29) is 17.3 Å². The van der Waals surface area contributed by atoms with Gasteiger partial charge in [-0.3, -0.25) is 19.5 Å². The highest BCUT2D eigenvalue weighted by Gasteiger charge is 2.47. The lowest BCUT2D eigenvalue weighted by Gasteiger charge is -2.26. The number of carbonyl (C=O) groups excluding carboxylic acids is 2. The van der Waals surface area contributed by atoms with Crippen molar-refractivity contribution >= 4 is 23.1 Å². The number of benzene rings is 2. The van der Waals surface area contributed by atoms with Crippen molar-refractivity contribution in [2.75, 3.05) is 12.0 Å². The van der Waals surface area contributed by atoms with Gasteiger partial charge in [0.15, 0.2) is 0 Å². The van der Waals surface area contributed by atoms with Gasteiger partial charge in [-0.2, -0.15) is 0 Å². The lowest BCUT2D eigenvalue weighted by molar-refractivity contribution is -0.132. The molecule has 1 saturated heterocycles. The molecule has 0 aliphatic carbocycles. The molecule has 174 valence electrons. The van der Waals surface area contributed by atoms with Crippen molar-refractivity contribution in [3.63, 3.8) is 0 Å². The Labute approximate surface area is 199 Å². The number of aromatic nitrogens is 1. The fourth-order valence-corrected chi connectivity index (χ4v) is 4.49. The number of hydrogen-bond donors (Lipinski definition) is 1. The molecule has 4 rings (SSSR count). The maximum Gasteiger partial charge on any atom is 0.300 e. The summed E-state index contributed by atoms with van der Waals surface area (Å²) in [5.74, 6) is -0.764. The number of aryl methyl sites for hydroxylation is 2. The first-order valence-corrected chi connectivity index (χ1v) is 11.2. The van der Waals surface area contributed by atoms with Crippen molar-refractivity contribution in [3.05, 3.63) is 94.3 Å². The smallest absolute Gasteiger partial charge is 0.300 e. The quantitative estimate of drug-likeness (QED) is 0.313. The summed E-state index contributed by atoms with van der Waals surface area (Å²) in [4.78, 5) is 32.4. The van der Waals surface area contributed by atoms with E-state index in [0.29, 0.717) is 22.6 Å². The SMILES string of the molecule is COc1cc(C)c(/C(O)=C2\C(=O)C(=O)N(c3ccccc3C)C2c2cccnc2)cc1C(C)C. The fraction of sp³-hybridized carbons (Fsp3) is 0.250. The monoisotopic (exact) mass is 456 g/mol. The van der Waals surface area contributed by atoms with Gasteiger partial charge in [0.1, 0.15) is 11.5 Å². The minimum absolute atomic E-state index is 0.0456. The zero-order valence-corrected chi connectivity index (χ0v) is 20.0. The van der Waals surface area contributed by atoms with E-state index in [1.165, 1.54) is 4.90 Å². The number of aliphatic hydroxyl groups excluding tert-OH is 1. The average Bonchev–Trinajstić information content (AvgIpc) is 3.09. The number of carbonyl (C=O) groups is 2. The summed E-state index contributed by atoms with van der Waals surface area (Å²) in [5.41, 5.74) is 4.30. The van der Waals surface area contributed by atoms with E-state index in [1.807, 2.05) is 64.1 Å². The number of pyridine rings is 1. The van der Waals surface area contributed by atoms with Crippen LogP contribution in [-0.2, 0) is 9.59 Å². The van der Waals surface area contributed by atoms with Gasteiger partial charge < -0.3 is 9.84 Å². The Balaban J connectivity index is 1.99. The molecule has 3 aromatic rings. The van der Waals surface area contributed by atoms with Crippen LogP contribution in [0.2, 0.25) is 0 Å². The largest absolute Gasteiger partial charge is 0.507 e. The van der Waals surface area contributed by atoms with E-state index in [9.17, 15) is 14.7 Å². The molecule has 1 fully saturated rings.